The van der Waals surface area contributed by atoms with Gasteiger partial charge >= 0.3 is 0 Å². The van der Waals surface area contributed by atoms with Crippen LogP contribution in [0.4, 0.5) is 5.82 Å². The molecule has 0 saturated carbocycles. The number of carbonyl (C=O) groups excluding carboxylic acids is 2. The number of benzene rings is 1. The van der Waals surface area contributed by atoms with Gasteiger partial charge < -0.3 is 18.8 Å². The Kier molecular flexibility index (Phi) is 4.67. The molecule has 1 atom stereocenters. The zero-order valence-corrected chi connectivity index (χ0v) is 15.8. The van der Waals surface area contributed by atoms with Gasteiger partial charge in [0, 0.05) is 6.07 Å². The molecule has 3 heterocycles. The maximum Gasteiger partial charge on any atom is 0.295 e. The summed E-state index contributed by atoms with van der Waals surface area (Å²) in [5, 5.41) is 14.5. The van der Waals surface area contributed by atoms with Gasteiger partial charge in [0.15, 0.2) is 17.3 Å². The topological polar surface area (TPSA) is 106 Å². The summed E-state index contributed by atoms with van der Waals surface area (Å²) in [4.78, 5) is 27.2. The van der Waals surface area contributed by atoms with Crippen molar-refractivity contribution in [1.29, 1.82) is 0 Å². The molecule has 2 aromatic heterocycles. The molecule has 0 bridgehead atoms. The van der Waals surface area contributed by atoms with Crippen molar-refractivity contribution in [2.75, 3.05) is 11.5 Å². The number of ether oxygens (including phenoxy) is 1. The molecule has 1 amide bonds. The van der Waals surface area contributed by atoms with Crippen molar-refractivity contribution in [3.8, 4) is 5.75 Å². The maximum absolute atomic E-state index is 13.0. The van der Waals surface area contributed by atoms with E-state index in [1.165, 1.54) is 17.2 Å². The number of hydrogen-bond donors (Lipinski definition) is 1. The average Bonchev–Trinajstić information content (AvgIpc) is 3.44. The fourth-order valence-corrected chi connectivity index (χ4v) is 3.31. The van der Waals surface area contributed by atoms with Gasteiger partial charge in [0.2, 0.25) is 5.78 Å². The summed E-state index contributed by atoms with van der Waals surface area (Å²) >= 11 is 0. The molecule has 0 aliphatic carbocycles. The minimum Gasteiger partial charge on any atom is -0.503 e. The molecule has 3 aromatic rings. The number of amides is 1. The number of rotatable bonds is 6. The van der Waals surface area contributed by atoms with Gasteiger partial charge in [-0.05, 0) is 43.7 Å². The molecular formula is C21H18N2O6. The predicted octanol–water partition coefficient (Wildman–Crippen LogP) is 3.76. The van der Waals surface area contributed by atoms with Crippen molar-refractivity contribution >= 4 is 17.5 Å². The molecule has 8 heteroatoms. The highest BCUT2D eigenvalue weighted by molar-refractivity contribution is 6.19. The lowest BCUT2D eigenvalue weighted by atomic mass is 9.95. The Morgan fingerprint density at radius 3 is 2.62 bits per heavy atom. The number of carbonyl (C=O) groups is 2. The van der Waals surface area contributed by atoms with Crippen LogP contribution in [-0.2, 0) is 4.79 Å². The van der Waals surface area contributed by atoms with Crippen LogP contribution in [0.3, 0.4) is 0 Å². The van der Waals surface area contributed by atoms with Crippen LogP contribution >= 0.6 is 0 Å². The number of ketones is 1. The van der Waals surface area contributed by atoms with E-state index in [9.17, 15) is 14.7 Å². The van der Waals surface area contributed by atoms with E-state index >= 15 is 0 Å². The number of aliphatic hydroxyl groups is 1. The van der Waals surface area contributed by atoms with Crippen LogP contribution in [0.2, 0.25) is 0 Å². The maximum atomic E-state index is 13.0. The number of furan rings is 1. The number of aromatic nitrogens is 1. The summed E-state index contributed by atoms with van der Waals surface area (Å²) in [5.41, 5.74) is 0.510. The van der Waals surface area contributed by atoms with Crippen molar-refractivity contribution in [3.63, 3.8) is 0 Å². The van der Waals surface area contributed by atoms with E-state index in [1.54, 1.807) is 43.3 Å². The Balaban J connectivity index is 1.83. The zero-order valence-electron chi connectivity index (χ0n) is 15.8. The number of nitrogens with zero attached hydrogens (tertiary/aromatic N) is 2. The Morgan fingerprint density at radius 2 is 2.03 bits per heavy atom. The third-order valence-electron chi connectivity index (χ3n) is 4.57. The minimum absolute atomic E-state index is 0.0217. The fraction of sp³-hybridized carbons (Fsp3) is 0.190. The summed E-state index contributed by atoms with van der Waals surface area (Å²) in [6, 6.07) is 10.6. The van der Waals surface area contributed by atoms with Crippen LogP contribution in [0.25, 0.3) is 0 Å². The molecule has 0 fully saturated rings. The molecule has 148 valence electrons. The highest BCUT2D eigenvalue weighted by Gasteiger charge is 2.46. The Hall–Kier alpha value is -3.81. The fourth-order valence-electron chi connectivity index (χ4n) is 3.31. The number of hydrogen-bond acceptors (Lipinski definition) is 7. The predicted molar refractivity (Wildman–Crippen MR) is 102 cm³/mol. The highest BCUT2D eigenvalue weighted by atomic mass is 16.5. The molecule has 0 radical (unpaired) electrons. The smallest absolute Gasteiger partial charge is 0.295 e. The first-order valence-corrected chi connectivity index (χ1v) is 9.02. The molecule has 4 rings (SSSR count). The van der Waals surface area contributed by atoms with Crippen molar-refractivity contribution in [2.45, 2.75) is 19.9 Å². The van der Waals surface area contributed by atoms with E-state index in [2.05, 4.69) is 5.16 Å². The third kappa shape index (κ3) is 3.18. The molecule has 0 saturated heterocycles. The second kappa shape index (κ2) is 7.31. The lowest BCUT2D eigenvalue weighted by molar-refractivity contribution is -0.117. The van der Waals surface area contributed by atoms with E-state index in [4.69, 9.17) is 13.7 Å². The Labute approximate surface area is 166 Å². The molecule has 0 spiro atoms. The van der Waals surface area contributed by atoms with Crippen LogP contribution < -0.4 is 9.64 Å². The SMILES string of the molecule is CCOc1ccc([C@@H]2C(C(=O)c3ccco3)=C(O)C(=O)N2c2cc(C)on2)cc1. The lowest BCUT2D eigenvalue weighted by Crippen LogP contribution is -2.31. The molecule has 1 aliphatic rings. The van der Waals surface area contributed by atoms with E-state index < -0.39 is 23.5 Å². The monoisotopic (exact) mass is 394 g/mol. The van der Waals surface area contributed by atoms with Gasteiger partial charge in [-0.25, -0.2) is 0 Å². The molecule has 0 unspecified atom stereocenters. The van der Waals surface area contributed by atoms with Crippen molar-refractivity contribution in [2.24, 2.45) is 0 Å². The number of aliphatic hydroxyl groups excluding tert-OH is 1. The van der Waals surface area contributed by atoms with Gasteiger partial charge in [0.25, 0.3) is 5.91 Å². The van der Waals surface area contributed by atoms with Crippen molar-refractivity contribution in [1.82, 2.24) is 5.16 Å². The Bertz CT molecular complexity index is 1080. The number of Topliss-reactive ketones (excluding diaryl/α,β-unsaturated/α-hetero) is 1. The van der Waals surface area contributed by atoms with Crippen LogP contribution in [0.1, 0.15) is 34.8 Å². The van der Waals surface area contributed by atoms with Gasteiger partial charge in [-0.2, -0.15) is 0 Å². The summed E-state index contributed by atoms with van der Waals surface area (Å²) < 4.78 is 15.8. The van der Waals surface area contributed by atoms with E-state index in [-0.39, 0.29) is 17.2 Å². The molecule has 1 N–H and O–H groups in total. The summed E-state index contributed by atoms with van der Waals surface area (Å²) in [6.07, 6.45) is 1.35. The van der Waals surface area contributed by atoms with E-state index in [0.29, 0.717) is 23.7 Å². The van der Waals surface area contributed by atoms with E-state index in [1.807, 2.05) is 6.92 Å². The van der Waals surface area contributed by atoms with Crippen molar-refractivity contribution in [3.05, 3.63) is 77.1 Å². The summed E-state index contributed by atoms with van der Waals surface area (Å²) in [7, 11) is 0. The first-order chi connectivity index (χ1) is 14.0. The number of anilines is 1. The van der Waals surface area contributed by atoms with Crippen LogP contribution in [-0.4, -0.2) is 28.6 Å². The minimum atomic E-state index is -0.903. The summed E-state index contributed by atoms with van der Waals surface area (Å²) in [5.74, 6) is -0.616. The van der Waals surface area contributed by atoms with Crippen molar-refractivity contribution < 1.29 is 28.4 Å². The van der Waals surface area contributed by atoms with Gasteiger partial charge in [-0.1, -0.05) is 17.3 Å². The molecule has 8 nitrogen and oxygen atoms in total. The second-order valence-corrected chi connectivity index (χ2v) is 6.44. The first kappa shape index (κ1) is 18.5. The number of aryl methyl sites for hydroxylation is 1. The van der Waals surface area contributed by atoms with Gasteiger partial charge in [-0.3, -0.25) is 14.5 Å². The summed E-state index contributed by atoms with van der Waals surface area (Å²) in [6.45, 7) is 4.07. The molecule has 1 aliphatic heterocycles. The lowest BCUT2D eigenvalue weighted by Gasteiger charge is -2.24. The quantitative estimate of drug-likeness (QED) is 0.635. The normalized spacial score (nSPS) is 16.6. The average molecular weight is 394 g/mol. The highest BCUT2D eigenvalue weighted by Crippen LogP contribution is 2.42. The molecule has 1 aromatic carbocycles. The van der Waals surface area contributed by atoms with Gasteiger partial charge in [0.05, 0.1) is 24.5 Å². The van der Waals surface area contributed by atoms with Gasteiger partial charge in [-0.15, -0.1) is 0 Å². The second-order valence-electron chi connectivity index (χ2n) is 6.44. The van der Waals surface area contributed by atoms with Crippen LogP contribution in [0.15, 0.2) is 69.0 Å². The van der Waals surface area contributed by atoms with Crippen LogP contribution in [0.5, 0.6) is 5.75 Å². The van der Waals surface area contributed by atoms with Gasteiger partial charge in [0.1, 0.15) is 11.5 Å². The third-order valence-corrected chi connectivity index (χ3v) is 4.57. The first-order valence-electron chi connectivity index (χ1n) is 9.02. The standard InChI is InChI=1S/C21H18N2O6/c1-3-27-14-8-6-13(7-9-14)18-17(19(24)15-5-4-10-28-15)20(25)21(26)23(18)16-11-12(2)29-22-16/h4-11,18,25H,3H2,1-2H3/t18-/m1/s1. The Morgan fingerprint density at radius 1 is 1.28 bits per heavy atom. The largest absolute Gasteiger partial charge is 0.503 e. The molecular weight excluding hydrogens is 376 g/mol. The van der Waals surface area contributed by atoms with Crippen LogP contribution in [0, 0.1) is 6.92 Å². The zero-order chi connectivity index (χ0) is 20.5. The van der Waals surface area contributed by atoms with E-state index in [0.717, 1.165) is 0 Å². The molecule has 29 heavy (non-hydrogen) atoms.